The SMILES string of the molecule is CCc1onc(C)c1NC(=O)N1CCC[C@]1(C)Cc1ccc(F)cc1. The molecule has 1 N–H and O–H groups in total. The van der Waals surface area contributed by atoms with Gasteiger partial charge in [0.25, 0.3) is 0 Å². The van der Waals surface area contributed by atoms with E-state index in [2.05, 4.69) is 17.4 Å². The van der Waals surface area contributed by atoms with Crippen molar-refractivity contribution in [2.75, 3.05) is 11.9 Å². The van der Waals surface area contributed by atoms with Crippen molar-refractivity contribution < 1.29 is 13.7 Å². The maximum atomic E-state index is 13.1. The van der Waals surface area contributed by atoms with E-state index in [-0.39, 0.29) is 17.4 Å². The Labute approximate surface area is 147 Å². The summed E-state index contributed by atoms with van der Waals surface area (Å²) in [5.74, 6) is 0.440. The molecule has 1 aliphatic heterocycles. The summed E-state index contributed by atoms with van der Waals surface area (Å²) in [6, 6.07) is 6.36. The molecule has 1 aromatic carbocycles. The molecule has 2 heterocycles. The Morgan fingerprint density at radius 2 is 2.12 bits per heavy atom. The van der Waals surface area contributed by atoms with Gasteiger partial charge in [0, 0.05) is 18.5 Å². The van der Waals surface area contributed by atoms with E-state index < -0.39 is 0 Å². The Kier molecular flexibility index (Phi) is 4.79. The number of urea groups is 1. The molecule has 0 aliphatic carbocycles. The van der Waals surface area contributed by atoms with Gasteiger partial charge in [-0.1, -0.05) is 24.2 Å². The molecule has 25 heavy (non-hydrogen) atoms. The number of carbonyl (C=O) groups excluding carboxylic acids is 1. The third kappa shape index (κ3) is 3.52. The van der Waals surface area contributed by atoms with Crippen molar-refractivity contribution >= 4 is 11.7 Å². The molecule has 0 unspecified atom stereocenters. The van der Waals surface area contributed by atoms with E-state index in [0.29, 0.717) is 36.5 Å². The van der Waals surface area contributed by atoms with Crippen LogP contribution in [0.4, 0.5) is 14.9 Å². The lowest BCUT2D eigenvalue weighted by atomic mass is 9.90. The molecule has 0 bridgehead atoms. The molecule has 0 spiro atoms. The zero-order valence-corrected chi connectivity index (χ0v) is 14.9. The molecule has 1 saturated heterocycles. The third-order valence-corrected chi connectivity index (χ3v) is 4.98. The van der Waals surface area contributed by atoms with Crippen molar-refractivity contribution in [1.82, 2.24) is 10.1 Å². The minimum Gasteiger partial charge on any atom is -0.359 e. The normalized spacial score (nSPS) is 20.1. The van der Waals surface area contributed by atoms with Gasteiger partial charge in [-0.25, -0.2) is 9.18 Å². The topological polar surface area (TPSA) is 58.4 Å². The molecule has 134 valence electrons. The largest absolute Gasteiger partial charge is 0.359 e. The van der Waals surface area contributed by atoms with E-state index >= 15 is 0 Å². The van der Waals surface area contributed by atoms with Crippen molar-refractivity contribution in [2.24, 2.45) is 0 Å². The van der Waals surface area contributed by atoms with E-state index in [4.69, 9.17) is 4.52 Å². The van der Waals surface area contributed by atoms with Crippen LogP contribution in [0.25, 0.3) is 0 Å². The number of aryl methyl sites for hydroxylation is 2. The highest BCUT2D eigenvalue weighted by Gasteiger charge is 2.40. The van der Waals surface area contributed by atoms with Gasteiger partial charge in [0.1, 0.15) is 17.2 Å². The predicted octanol–water partition coefficient (Wildman–Crippen LogP) is 4.31. The van der Waals surface area contributed by atoms with Crippen LogP contribution < -0.4 is 5.32 Å². The number of aromatic nitrogens is 1. The van der Waals surface area contributed by atoms with Crippen LogP contribution in [0, 0.1) is 12.7 Å². The number of amides is 2. The van der Waals surface area contributed by atoms with Gasteiger partial charge in [0.15, 0.2) is 5.76 Å². The number of anilines is 1. The van der Waals surface area contributed by atoms with Gasteiger partial charge in [-0.05, 0) is 50.8 Å². The second-order valence-corrected chi connectivity index (χ2v) is 6.91. The molecule has 1 aromatic heterocycles. The van der Waals surface area contributed by atoms with Gasteiger partial charge in [-0.15, -0.1) is 0 Å². The smallest absolute Gasteiger partial charge is 0.322 e. The van der Waals surface area contributed by atoms with Crippen LogP contribution in [-0.2, 0) is 12.8 Å². The van der Waals surface area contributed by atoms with Gasteiger partial charge in [-0.2, -0.15) is 0 Å². The van der Waals surface area contributed by atoms with Crippen LogP contribution in [0.5, 0.6) is 0 Å². The molecule has 6 heteroatoms. The molecule has 2 amide bonds. The highest BCUT2D eigenvalue weighted by atomic mass is 19.1. The van der Waals surface area contributed by atoms with Crippen LogP contribution in [0.3, 0.4) is 0 Å². The first-order valence-corrected chi connectivity index (χ1v) is 8.71. The van der Waals surface area contributed by atoms with Crippen molar-refractivity contribution in [3.8, 4) is 0 Å². The quantitative estimate of drug-likeness (QED) is 0.898. The fourth-order valence-corrected chi connectivity index (χ4v) is 3.59. The zero-order chi connectivity index (χ0) is 18.0. The number of nitrogens with zero attached hydrogens (tertiary/aromatic N) is 2. The summed E-state index contributed by atoms with van der Waals surface area (Å²) in [6.07, 6.45) is 3.24. The second-order valence-electron chi connectivity index (χ2n) is 6.91. The Hall–Kier alpha value is -2.37. The average Bonchev–Trinajstić information content (AvgIpc) is 3.13. The number of benzene rings is 1. The Bertz CT molecular complexity index is 757. The molecular weight excluding hydrogens is 321 g/mol. The molecule has 5 nitrogen and oxygen atoms in total. The van der Waals surface area contributed by atoms with Crippen molar-refractivity contribution in [2.45, 2.75) is 52.0 Å². The number of hydrogen-bond acceptors (Lipinski definition) is 3. The fraction of sp³-hybridized carbons (Fsp3) is 0.474. The van der Waals surface area contributed by atoms with Crippen LogP contribution in [-0.4, -0.2) is 28.2 Å². The number of carbonyl (C=O) groups is 1. The third-order valence-electron chi connectivity index (χ3n) is 4.98. The van der Waals surface area contributed by atoms with E-state index in [1.165, 1.54) is 12.1 Å². The summed E-state index contributed by atoms with van der Waals surface area (Å²) < 4.78 is 18.4. The van der Waals surface area contributed by atoms with Gasteiger partial charge in [0.2, 0.25) is 0 Å². The van der Waals surface area contributed by atoms with Crippen molar-refractivity contribution in [1.29, 1.82) is 0 Å². The van der Waals surface area contributed by atoms with Gasteiger partial charge >= 0.3 is 6.03 Å². The predicted molar refractivity (Wildman–Crippen MR) is 94.1 cm³/mol. The highest BCUT2D eigenvalue weighted by Crippen LogP contribution is 2.33. The van der Waals surface area contributed by atoms with Crippen molar-refractivity contribution in [3.63, 3.8) is 0 Å². The van der Waals surface area contributed by atoms with Gasteiger partial charge in [-0.3, -0.25) is 0 Å². The first kappa shape index (κ1) is 17.5. The summed E-state index contributed by atoms with van der Waals surface area (Å²) in [4.78, 5) is 14.8. The maximum absolute atomic E-state index is 13.1. The number of nitrogens with one attached hydrogen (secondary N) is 1. The highest BCUT2D eigenvalue weighted by molar-refractivity contribution is 5.91. The van der Waals surface area contributed by atoms with Gasteiger partial charge in [0.05, 0.1) is 0 Å². The van der Waals surface area contributed by atoms with Gasteiger partial charge < -0.3 is 14.7 Å². The molecule has 1 fully saturated rings. The first-order chi connectivity index (χ1) is 11.9. The number of rotatable bonds is 4. The molecule has 1 atom stereocenters. The molecule has 0 saturated carbocycles. The summed E-state index contributed by atoms with van der Waals surface area (Å²) in [6.45, 7) is 6.57. The number of likely N-dealkylation sites (tertiary alicyclic amines) is 1. The first-order valence-electron chi connectivity index (χ1n) is 8.71. The summed E-state index contributed by atoms with van der Waals surface area (Å²) in [5.41, 5.74) is 2.09. The van der Waals surface area contributed by atoms with Crippen LogP contribution in [0.1, 0.15) is 43.7 Å². The van der Waals surface area contributed by atoms with Crippen molar-refractivity contribution in [3.05, 3.63) is 47.1 Å². The summed E-state index contributed by atoms with van der Waals surface area (Å²) in [7, 11) is 0. The molecule has 0 radical (unpaired) electrons. The van der Waals surface area contributed by atoms with E-state index in [1.807, 2.05) is 18.7 Å². The Balaban J connectivity index is 1.76. The molecule has 1 aliphatic rings. The molecular formula is C19H24FN3O2. The zero-order valence-electron chi connectivity index (χ0n) is 14.9. The monoisotopic (exact) mass is 345 g/mol. The standard InChI is InChI=1S/C19H24FN3O2/c1-4-16-17(13(2)22-25-16)21-18(24)23-11-5-10-19(23,3)12-14-6-8-15(20)9-7-14/h6-9H,4-5,10-12H2,1-3H3,(H,21,24)/t19-/m1/s1. The van der Waals surface area contributed by atoms with E-state index in [1.54, 1.807) is 12.1 Å². The Morgan fingerprint density at radius 1 is 1.40 bits per heavy atom. The molecule has 2 aromatic rings. The lowest BCUT2D eigenvalue weighted by Gasteiger charge is -2.35. The molecule has 3 rings (SSSR count). The van der Waals surface area contributed by atoms with Crippen LogP contribution in [0.15, 0.2) is 28.8 Å². The average molecular weight is 345 g/mol. The van der Waals surface area contributed by atoms with E-state index in [9.17, 15) is 9.18 Å². The summed E-state index contributed by atoms with van der Waals surface area (Å²) >= 11 is 0. The fourth-order valence-electron chi connectivity index (χ4n) is 3.59. The maximum Gasteiger partial charge on any atom is 0.322 e. The lowest BCUT2D eigenvalue weighted by Crippen LogP contribution is -2.48. The Morgan fingerprint density at radius 3 is 2.80 bits per heavy atom. The van der Waals surface area contributed by atoms with Crippen LogP contribution >= 0.6 is 0 Å². The number of halogens is 1. The second kappa shape index (κ2) is 6.86. The minimum absolute atomic E-state index is 0.136. The van der Waals surface area contributed by atoms with Crippen LogP contribution in [0.2, 0.25) is 0 Å². The van der Waals surface area contributed by atoms with E-state index in [0.717, 1.165) is 18.4 Å². The lowest BCUT2D eigenvalue weighted by molar-refractivity contribution is 0.167. The number of hydrogen-bond donors (Lipinski definition) is 1. The summed E-state index contributed by atoms with van der Waals surface area (Å²) in [5, 5.41) is 6.91. The minimum atomic E-state index is -0.292.